The normalized spacial score (nSPS) is 27.6. The third-order valence-corrected chi connectivity index (χ3v) is 4.91. The van der Waals surface area contributed by atoms with Gasteiger partial charge in [-0.15, -0.1) is 0 Å². The fourth-order valence-electron chi connectivity index (χ4n) is 3.77. The van der Waals surface area contributed by atoms with E-state index in [4.69, 9.17) is 4.74 Å². The van der Waals surface area contributed by atoms with Crippen LogP contribution in [-0.4, -0.2) is 52.8 Å². The molecule has 1 saturated heterocycles. The van der Waals surface area contributed by atoms with Crippen molar-refractivity contribution < 1.29 is 19.4 Å². The lowest BCUT2D eigenvalue weighted by Crippen LogP contribution is -2.51. The van der Waals surface area contributed by atoms with Crippen molar-refractivity contribution in [3.05, 3.63) is 0 Å². The van der Waals surface area contributed by atoms with E-state index in [-0.39, 0.29) is 24.5 Å². The zero-order valence-electron chi connectivity index (χ0n) is 15.6. The minimum absolute atomic E-state index is 0.0413. The molecule has 0 spiro atoms. The van der Waals surface area contributed by atoms with Gasteiger partial charge in [0.15, 0.2) is 0 Å². The largest absolute Gasteiger partial charge is 0.444 e. The summed E-state index contributed by atoms with van der Waals surface area (Å²) in [5, 5.41) is 12.8. The lowest BCUT2D eigenvalue weighted by Gasteiger charge is -2.37. The Morgan fingerprint density at radius 3 is 2.50 bits per heavy atom. The fraction of sp³-hybridized carbons (Fsp3) is 0.889. The molecular weight excluding hydrogens is 308 g/mol. The first kappa shape index (κ1) is 19.0. The lowest BCUT2D eigenvalue weighted by atomic mass is 9.67. The molecule has 2 N–H and O–H groups in total. The summed E-state index contributed by atoms with van der Waals surface area (Å²) in [4.78, 5) is 27.0. The van der Waals surface area contributed by atoms with Gasteiger partial charge >= 0.3 is 6.09 Å². The quantitative estimate of drug-likeness (QED) is 0.826. The Bertz CT molecular complexity index is 492. The van der Waals surface area contributed by atoms with Crippen molar-refractivity contribution in [3.63, 3.8) is 0 Å². The molecule has 24 heavy (non-hydrogen) atoms. The number of carbonyl (C=O) groups excluding carboxylic acids is 2. The van der Waals surface area contributed by atoms with E-state index in [2.05, 4.69) is 5.32 Å². The van der Waals surface area contributed by atoms with Crippen LogP contribution in [0.5, 0.6) is 0 Å². The number of nitrogens with one attached hydrogen (secondary N) is 1. The van der Waals surface area contributed by atoms with Crippen molar-refractivity contribution in [3.8, 4) is 0 Å². The summed E-state index contributed by atoms with van der Waals surface area (Å²) in [7, 11) is 0. The number of hydrogen-bond donors (Lipinski definition) is 2. The summed E-state index contributed by atoms with van der Waals surface area (Å²) in [5.41, 5.74) is -2.03. The molecule has 1 heterocycles. The summed E-state index contributed by atoms with van der Waals surface area (Å²) in [6, 6.07) is 0. The van der Waals surface area contributed by atoms with Crippen LogP contribution >= 0.6 is 0 Å². The second-order valence-corrected chi connectivity index (χ2v) is 8.95. The topological polar surface area (TPSA) is 78.9 Å². The van der Waals surface area contributed by atoms with Crippen LogP contribution in [0.25, 0.3) is 0 Å². The van der Waals surface area contributed by atoms with Crippen LogP contribution in [-0.2, 0) is 9.53 Å². The second kappa shape index (κ2) is 6.54. The van der Waals surface area contributed by atoms with Gasteiger partial charge in [-0.1, -0.05) is 12.8 Å². The molecular formula is C18H32N2O4. The van der Waals surface area contributed by atoms with Gasteiger partial charge in [-0.2, -0.15) is 0 Å². The number of hydrogen-bond acceptors (Lipinski definition) is 4. The van der Waals surface area contributed by atoms with Crippen molar-refractivity contribution >= 4 is 12.0 Å². The van der Waals surface area contributed by atoms with Gasteiger partial charge in [0.2, 0.25) is 5.91 Å². The Morgan fingerprint density at radius 2 is 1.92 bits per heavy atom. The van der Waals surface area contributed by atoms with Crippen LogP contribution in [0.3, 0.4) is 0 Å². The molecule has 1 aliphatic heterocycles. The van der Waals surface area contributed by atoms with E-state index in [9.17, 15) is 14.7 Å². The maximum atomic E-state index is 12.9. The van der Waals surface area contributed by atoms with Crippen LogP contribution in [0.15, 0.2) is 0 Å². The maximum absolute atomic E-state index is 12.9. The molecule has 2 rings (SSSR count). The molecule has 2 atom stereocenters. The highest BCUT2D eigenvalue weighted by Crippen LogP contribution is 2.47. The van der Waals surface area contributed by atoms with Crippen LogP contribution < -0.4 is 5.32 Å². The predicted molar refractivity (Wildman–Crippen MR) is 91.5 cm³/mol. The lowest BCUT2D eigenvalue weighted by molar-refractivity contribution is -0.135. The van der Waals surface area contributed by atoms with Crippen molar-refractivity contribution in [2.24, 2.45) is 11.3 Å². The van der Waals surface area contributed by atoms with Gasteiger partial charge < -0.3 is 20.1 Å². The van der Waals surface area contributed by atoms with Gasteiger partial charge in [-0.05, 0) is 53.4 Å². The zero-order valence-corrected chi connectivity index (χ0v) is 15.6. The molecule has 0 aromatic rings. The first-order valence-corrected chi connectivity index (χ1v) is 8.92. The van der Waals surface area contributed by atoms with E-state index in [0.29, 0.717) is 13.1 Å². The number of likely N-dealkylation sites (tertiary alicyclic amines) is 1. The molecule has 2 amide bonds. The molecule has 6 heteroatoms. The molecule has 0 aromatic heterocycles. The van der Waals surface area contributed by atoms with Gasteiger partial charge in [0.05, 0.1) is 11.0 Å². The molecule has 2 fully saturated rings. The van der Waals surface area contributed by atoms with Crippen LogP contribution in [0.1, 0.15) is 60.3 Å². The Balaban J connectivity index is 2.11. The molecule has 0 radical (unpaired) electrons. The minimum Gasteiger partial charge on any atom is -0.444 e. The Morgan fingerprint density at radius 1 is 1.25 bits per heavy atom. The Hall–Kier alpha value is -1.30. The number of amides is 2. The third-order valence-electron chi connectivity index (χ3n) is 4.91. The standard InChI is InChI=1S/C18H32N2O4/c1-16(2,3)24-15(22)20-10-13-8-6-7-9-18(13,12-20)14(21)19-11-17(4,5)23/h13,23H,6-12H2,1-5H3,(H,19,21)/t13-,18+/m0/s1. The second-order valence-electron chi connectivity index (χ2n) is 8.95. The maximum Gasteiger partial charge on any atom is 0.410 e. The van der Waals surface area contributed by atoms with E-state index in [0.717, 1.165) is 25.7 Å². The Labute approximate surface area is 144 Å². The highest BCUT2D eigenvalue weighted by atomic mass is 16.6. The SMILES string of the molecule is CC(C)(O)CNC(=O)[C@@]12CCCC[C@H]1CN(C(=O)OC(C)(C)C)C2. The summed E-state index contributed by atoms with van der Waals surface area (Å²) in [6.07, 6.45) is 3.48. The van der Waals surface area contributed by atoms with E-state index in [1.165, 1.54) is 0 Å². The number of carbonyl (C=O) groups is 2. The van der Waals surface area contributed by atoms with Crippen molar-refractivity contribution in [2.75, 3.05) is 19.6 Å². The summed E-state index contributed by atoms with van der Waals surface area (Å²) in [5.74, 6) is 0.126. The van der Waals surface area contributed by atoms with Crippen LogP contribution in [0.2, 0.25) is 0 Å². The van der Waals surface area contributed by atoms with Gasteiger partial charge in [0, 0.05) is 19.6 Å². The average molecular weight is 340 g/mol. The average Bonchev–Trinajstić information content (AvgIpc) is 2.83. The molecule has 6 nitrogen and oxygen atoms in total. The monoisotopic (exact) mass is 340 g/mol. The fourth-order valence-corrected chi connectivity index (χ4v) is 3.77. The van der Waals surface area contributed by atoms with Crippen LogP contribution in [0, 0.1) is 11.3 Å². The van der Waals surface area contributed by atoms with Crippen molar-refractivity contribution in [2.45, 2.75) is 71.5 Å². The van der Waals surface area contributed by atoms with E-state index in [1.807, 2.05) is 20.8 Å². The van der Waals surface area contributed by atoms with E-state index < -0.39 is 16.6 Å². The number of rotatable bonds is 3. The van der Waals surface area contributed by atoms with Crippen LogP contribution in [0.4, 0.5) is 4.79 Å². The molecule has 1 saturated carbocycles. The number of aliphatic hydroxyl groups is 1. The molecule has 0 aromatic carbocycles. The van der Waals surface area contributed by atoms with E-state index >= 15 is 0 Å². The Kier molecular flexibility index (Phi) is 5.19. The van der Waals surface area contributed by atoms with Gasteiger partial charge in [-0.3, -0.25) is 4.79 Å². The summed E-state index contributed by atoms with van der Waals surface area (Å²) in [6.45, 7) is 10.1. The molecule has 1 aliphatic carbocycles. The zero-order chi connectivity index (χ0) is 18.2. The van der Waals surface area contributed by atoms with Gasteiger partial charge in [-0.25, -0.2) is 4.79 Å². The van der Waals surface area contributed by atoms with Crippen molar-refractivity contribution in [1.29, 1.82) is 0 Å². The molecule has 0 bridgehead atoms. The van der Waals surface area contributed by atoms with E-state index in [1.54, 1.807) is 18.7 Å². The minimum atomic E-state index is -0.945. The van der Waals surface area contributed by atoms with Gasteiger partial charge in [0.25, 0.3) is 0 Å². The first-order chi connectivity index (χ1) is 10.9. The molecule has 2 aliphatic rings. The molecule has 0 unspecified atom stereocenters. The number of fused-ring (bicyclic) bond motifs is 1. The third kappa shape index (κ3) is 4.41. The van der Waals surface area contributed by atoms with Gasteiger partial charge in [0.1, 0.15) is 5.60 Å². The number of ether oxygens (including phenoxy) is 1. The highest BCUT2D eigenvalue weighted by molar-refractivity contribution is 5.85. The molecule has 138 valence electrons. The van der Waals surface area contributed by atoms with Crippen molar-refractivity contribution in [1.82, 2.24) is 10.2 Å². The summed E-state index contributed by atoms with van der Waals surface area (Å²) < 4.78 is 5.48. The first-order valence-electron chi connectivity index (χ1n) is 8.92. The summed E-state index contributed by atoms with van der Waals surface area (Å²) >= 11 is 0. The predicted octanol–water partition coefficient (Wildman–Crippen LogP) is 2.30. The smallest absolute Gasteiger partial charge is 0.410 e. The highest BCUT2D eigenvalue weighted by Gasteiger charge is 2.54. The number of nitrogens with zero attached hydrogens (tertiary/aromatic N) is 1.